The SMILES string of the molecule is Cc1cc(Br)cc(N=Nc2cccc(Cl)c2C)c1O. The van der Waals surface area contributed by atoms with E-state index in [1.54, 1.807) is 12.1 Å². The normalized spacial score (nSPS) is 11.2. The van der Waals surface area contributed by atoms with E-state index >= 15 is 0 Å². The third-order valence-corrected chi connectivity index (χ3v) is 3.62. The van der Waals surface area contributed by atoms with E-state index in [-0.39, 0.29) is 5.75 Å². The van der Waals surface area contributed by atoms with Gasteiger partial charge in [-0.15, -0.1) is 5.11 Å². The lowest BCUT2D eigenvalue weighted by atomic mass is 10.2. The molecule has 0 aliphatic carbocycles. The van der Waals surface area contributed by atoms with Gasteiger partial charge in [-0.3, -0.25) is 0 Å². The maximum Gasteiger partial charge on any atom is 0.146 e. The number of aryl methyl sites for hydroxylation is 1. The Hall–Kier alpha value is -1.39. The zero-order valence-corrected chi connectivity index (χ0v) is 12.8. The molecule has 0 atom stereocenters. The first-order chi connectivity index (χ1) is 8.99. The standard InChI is InChI=1S/C14H12BrClN2O/c1-8-6-10(15)7-13(14(8)19)18-17-12-5-3-4-11(16)9(12)2/h3-7,19H,1-2H3. The summed E-state index contributed by atoms with van der Waals surface area (Å²) in [4.78, 5) is 0. The number of phenolic OH excluding ortho intramolecular Hbond substituents is 1. The molecule has 3 nitrogen and oxygen atoms in total. The number of halogens is 2. The van der Waals surface area contributed by atoms with Crippen LogP contribution in [0.15, 0.2) is 45.0 Å². The molecule has 0 unspecified atom stereocenters. The lowest BCUT2D eigenvalue weighted by Crippen LogP contribution is -1.77. The third-order valence-electron chi connectivity index (χ3n) is 2.75. The molecule has 0 aromatic heterocycles. The van der Waals surface area contributed by atoms with Crippen LogP contribution in [0.2, 0.25) is 5.02 Å². The van der Waals surface area contributed by atoms with Crippen molar-refractivity contribution in [2.24, 2.45) is 10.2 Å². The van der Waals surface area contributed by atoms with Gasteiger partial charge in [0.25, 0.3) is 0 Å². The van der Waals surface area contributed by atoms with Gasteiger partial charge in [0.15, 0.2) is 0 Å². The predicted octanol–water partition coefficient (Wildman–Crippen LogP) is 5.84. The molecule has 98 valence electrons. The van der Waals surface area contributed by atoms with Crippen molar-refractivity contribution >= 4 is 38.9 Å². The van der Waals surface area contributed by atoms with Gasteiger partial charge in [-0.1, -0.05) is 33.6 Å². The van der Waals surface area contributed by atoms with E-state index in [0.29, 0.717) is 16.4 Å². The Kier molecular flexibility index (Phi) is 4.22. The highest BCUT2D eigenvalue weighted by atomic mass is 79.9. The summed E-state index contributed by atoms with van der Waals surface area (Å²) in [6.45, 7) is 3.69. The Balaban J connectivity index is 2.41. The Morgan fingerprint density at radius 3 is 2.53 bits per heavy atom. The van der Waals surface area contributed by atoms with Gasteiger partial charge in [-0.05, 0) is 49.2 Å². The van der Waals surface area contributed by atoms with Crippen LogP contribution in [0, 0.1) is 13.8 Å². The second kappa shape index (κ2) is 5.72. The minimum absolute atomic E-state index is 0.131. The van der Waals surface area contributed by atoms with Crippen molar-refractivity contribution in [3.63, 3.8) is 0 Å². The van der Waals surface area contributed by atoms with Crippen LogP contribution in [0.1, 0.15) is 11.1 Å². The first kappa shape index (κ1) is 14.0. The molecule has 0 amide bonds. The van der Waals surface area contributed by atoms with E-state index in [1.807, 2.05) is 32.0 Å². The molecule has 2 aromatic carbocycles. The highest BCUT2D eigenvalue weighted by Crippen LogP contribution is 2.35. The van der Waals surface area contributed by atoms with Crippen LogP contribution in [0.3, 0.4) is 0 Å². The second-order valence-electron chi connectivity index (χ2n) is 4.17. The molecule has 0 aliphatic heterocycles. The number of rotatable bonds is 2. The predicted molar refractivity (Wildman–Crippen MR) is 80.9 cm³/mol. The number of aromatic hydroxyl groups is 1. The first-order valence-corrected chi connectivity index (χ1v) is 6.82. The second-order valence-corrected chi connectivity index (χ2v) is 5.50. The average molecular weight is 340 g/mol. The van der Waals surface area contributed by atoms with Gasteiger partial charge in [0, 0.05) is 9.50 Å². The van der Waals surface area contributed by atoms with Crippen molar-refractivity contribution in [1.82, 2.24) is 0 Å². The highest BCUT2D eigenvalue weighted by molar-refractivity contribution is 9.10. The fourth-order valence-electron chi connectivity index (χ4n) is 1.61. The molecule has 0 fully saturated rings. The van der Waals surface area contributed by atoms with Crippen LogP contribution in [0.25, 0.3) is 0 Å². The van der Waals surface area contributed by atoms with Crippen molar-refractivity contribution in [2.75, 3.05) is 0 Å². The third kappa shape index (κ3) is 3.14. The van der Waals surface area contributed by atoms with Gasteiger partial charge < -0.3 is 5.11 Å². The summed E-state index contributed by atoms with van der Waals surface area (Å²) in [5, 5.41) is 18.8. The maximum atomic E-state index is 9.92. The fraction of sp³-hybridized carbons (Fsp3) is 0.143. The van der Waals surface area contributed by atoms with Crippen LogP contribution in [0.5, 0.6) is 5.75 Å². The van der Waals surface area contributed by atoms with Crippen LogP contribution in [0.4, 0.5) is 11.4 Å². The molecule has 2 aromatic rings. The van der Waals surface area contributed by atoms with Gasteiger partial charge in [-0.25, -0.2) is 0 Å². The monoisotopic (exact) mass is 338 g/mol. The van der Waals surface area contributed by atoms with Crippen molar-refractivity contribution in [1.29, 1.82) is 0 Å². The lowest BCUT2D eigenvalue weighted by Gasteiger charge is -2.04. The topological polar surface area (TPSA) is 45.0 Å². The number of benzene rings is 2. The van der Waals surface area contributed by atoms with Crippen molar-refractivity contribution in [3.05, 3.63) is 51.0 Å². The molecule has 0 spiro atoms. The van der Waals surface area contributed by atoms with Gasteiger partial charge >= 0.3 is 0 Å². The Bertz CT molecular complexity index is 656. The molecule has 0 saturated heterocycles. The number of hydrogen-bond donors (Lipinski definition) is 1. The number of phenols is 1. The van der Waals surface area contributed by atoms with Crippen LogP contribution in [-0.4, -0.2) is 5.11 Å². The maximum absolute atomic E-state index is 9.92. The molecule has 0 heterocycles. The van der Waals surface area contributed by atoms with E-state index in [0.717, 1.165) is 15.6 Å². The molecule has 0 radical (unpaired) electrons. The fourth-order valence-corrected chi connectivity index (χ4v) is 2.34. The van der Waals surface area contributed by atoms with E-state index in [4.69, 9.17) is 11.6 Å². The largest absolute Gasteiger partial charge is 0.505 e. The summed E-state index contributed by atoms with van der Waals surface area (Å²) in [5.41, 5.74) is 2.71. The van der Waals surface area contributed by atoms with E-state index in [1.165, 1.54) is 0 Å². The van der Waals surface area contributed by atoms with E-state index in [9.17, 15) is 5.11 Å². The summed E-state index contributed by atoms with van der Waals surface area (Å²) >= 11 is 9.38. The molecule has 0 aliphatic rings. The van der Waals surface area contributed by atoms with Gasteiger partial charge in [0.05, 0.1) is 5.69 Å². The summed E-state index contributed by atoms with van der Waals surface area (Å²) < 4.78 is 0.847. The number of azo groups is 1. The highest BCUT2D eigenvalue weighted by Gasteiger charge is 2.06. The van der Waals surface area contributed by atoms with E-state index in [2.05, 4.69) is 26.2 Å². The molecular weight excluding hydrogens is 328 g/mol. The Morgan fingerprint density at radius 2 is 1.79 bits per heavy atom. The quantitative estimate of drug-likeness (QED) is 0.686. The minimum Gasteiger partial charge on any atom is -0.505 e. The van der Waals surface area contributed by atoms with Gasteiger partial charge in [0.2, 0.25) is 0 Å². The van der Waals surface area contributed by atoms with Crippen LogP contribution in [-0.2, 0) is 0 Å². The molecule has 0 saturated carbocycles. The molecule has 19 heavy (non-hydrogen) atoms. The zero-order valence-electron chi connectivity index (χ0n) is 10.5. The van der Waals surface area contributed by atoms with Crippen molar-refractivity contribution < 1.29 is 5.11 Å². The summed E-state index contributed by atoms with van der Waals surface area (Å²) in [6, 6.07) is 8.98. The number of hydrogen-bond acceptors (Lipinski definition) is 3. The molecular formula is C14H12BrClN2O. The van der Waals surface area contributed by atoms with Gasteiger partial charge in [-0.2, -0.15) is 5.11 Å². The average Bonchev–Trinajstić information content (AvgIpc) is 2.36. The smallest absolute Gasteiger partial charge is 0.146 e. The summed E-state index contributed by atoms with van der Waals surface area (Å²) in [5.74, 6) is 0.131. The molecule has 1 N–H and O–H groups in total. The van der Waals surface area contributed by atoms with Crippen LogP contribution < -0.4 is 0 Å². The lowest BCUT2D eigenvalue weighted by molar-refractivity contribution is 0.472. The van der Waals surface area contributed by atoms with Crippen LogP contribution >= 0.6 is 27.5 Å². The molecule has 0 bridgehead atoms. The first-order valence-electron chi connectivity index (χ1n) is 5.65. The molecule has 2 rings (SSSR count). The Labute approximate surface area is 125 Å². The van der Waals surface area contributed by atoms with E-state index < -0.39 is 0 Å². The van der Waals surface area contributed by atoms with Crippen molar-refractivity contribution in [3.8, 4) is 5.75 Å². The number of nitrogens with zero attached hydrogens (tertiary/aromatic N) is 2. The minimum atomic E-state index is 0.131. The van der Waals surface area contributed by atoms with Gasteiger partial charge in [0.1, 0.15) is 11.4 Å². The molecule has 5 heteroatoms. The summed E-state index contributed by atoms with van der Waals surface area (Å²) in [7, 11) is 0. The summed E-state index contributed by atoms with van der Waals surface area (Å²) in [6.07, 6.45) is 0. The van der Waals surface area contributed by atoms with Crippen molar-refractivity contribution in [2.45, 2.75) is 13.8 Å². The zero-order chi connectivity index (χ0) is 14.0. The Morgan fingerprint density at radius 1 is 1.11 bits per heavy atom.